The molecule has 19 heavy (non-hydrogen) atoms. The molecule has 0 saturated carbocycles. The van der Waals surface area contributed by atoms with E-state index in [1.165, 1.54) is 12.1 Å². The molecule has 0 aliphatic rings. The molecule has 0 heterocycles. The summed E-state index contributed by atoms with van der Waals surface area (Å²) in [5.74, 6) is -0.497. The molecule has 0 aliphatic heterocycles. The lowest BCUT2D eigenvalue weighted by molar-refractivity contribution is 0.262. The van der Waals surface area contributed by atoms with Crippen LogP contribution in [-0.4, -0.2) is 6.03 Å². The third-order valence-electron chi connectivity index (χ3n) is 2.30. The number of carbonyl (C=O) groups is 1. The second kappa shape index (κ2) is 6.04. The monoisotopic (exact) mass is 342 g/mol. The van der Waals surface area contributed by atoms with Gasteiger partial charge in [0.2, 0.25) is 0 Å². The van der Waals surface area contributed by atoms with Gasteiger partial charge in [0.05, 0.1) is 11.4 Å². The van der Waals surface area contributed by atoms with Gasteiger partial charge in [0, 0.05) is 9.50 Å². The molecule has 0 radical (unpaired) electrons. The molecule has 2 aromatic carbocycles. The average Bonchev–Trinajstić information content (AvgIpc) is 2.37. The first kappa shape index (κ1) is 13.8. The lowest BCUT2D eigenvalue weighted by Gasteiger charge is -2.10. The molecule has 0 spiro atoms. The molecule has 98 valence electrons. The Labute approximate surface area is 122 Å². The van der Waals surface area contributed by atoms with Gasteiger partial charge in [0.25, 0.3) is 0 Å². The van der Waals surface area contributed by atoms with Crippen LogP contribution in [0.15, 0.2) is 46.9 Å². The molecule has 0 aromatic heterocycles. The van der Waals surface area contributed by atoms with Gasteiger partial charge in [0.15, 0.2) is 0 Å². The van der Waals surface area contributed by atoms with Crippen LogP contribution in [0.25, 0.3) is 0 Å². The van der Waals surface area contributed by atoms with Crippen LogP contribution in [0.5, 0.6) is 0 Å². The maximum atomic E-state index is 13.4. The summed E-state index contributed by atoms with van der Waals surface area (Å²) >= 11 is 9.12. The highest BCUT2D eigenvalue weighted by Crippen LogP contribution is 2.26. The first-order valence-electron chi connectivity index (χ1n) is 5.34. The van der Waals surface area contributed by atoms with Crippen LogP contribution in [0, 0.1) is 5.82 Å². The second-order valence-electron chi connectivity index (χ2n) is 3.68. The normalized spacial score (nSPS) is 10.1. The zero-order valence-electron chi connectivity index (χ0n) is 9.58. The Morgan fingerprint density at radius 3 is 2.53 bits per heavy atom. The minimum Gasteiger partial charge on any atom is -0.307 e. The SMILES string of the molecule is O=C(Nc1ccccc1F)Nc1cc(Cl)ccc1Br. The molecule has 0 atom stereocenters. The molecule has 0 saturated heterocycles. The summed E-state index contributed by atoms with van der Waals surface area (Å²) in [7, 11) is 0. The molecule has 0 unspecified atom stereocenters. The summed E-state index contributed by atoms with van der Waals surface area (Å²) in [6.45, 7) is 0. The van der Waals surface area contributed by atoms with Crippen LogP contribution in [0.3, 0.4) is 0 Å². The van der Waals surface area contributed by atoms with Gasteiger partial charge in [0.1, 0.15) is 5.82 Å². The second-order valence-corrected chi connectivity index (χ2v) is 4.97. The van der Waals surface area contributed by atoms with E-state index in [1.54, 1.807) is 30.3 Å². The van der Waals surface area contributed by atoms with E-state index in [1.807, 2.05) is 0 Å². The summed E-state index contributed by atoms with van der Waals surface area (Å²) in [4.78, 5) is 11.7. The smallest absolute Gasteiger partial charge is 0.307 e. The van der Waals surface area contributed by atoms with E-state index in [4.69, 9.17) is 11.6 Å². The number of halogens is 3. The minimum atomic E-state index is -0.548. The number of hydrogen-bond acceptors (Lipinski definition) is 1. The van der Waals surface area contributed by atoms with E-state index in [0.717, 1.165) is 0 Å². The topological polar surface area (TPSA) is 41.1 Å². The van der Waals surface area contributed by atoms with Crippen LogP contribution in [-0.2, 0) is 0 Å². The number of anilines is 2. The van der Waals surface area contributed by atoms with E-state index in [-0.39, 0.29) is 5.69 Å². The lowest BCUT2D eigenvalue weighted by Crippen LogP contribution is -2.20. The molecule has 2 rings (SSSR count). The van der Waals surface area contributed by atoms with Gasteiger partial charge in [-0.2, -0.15) is 0 Å². The molecule has 3 nitrogen and oxygen atoms in total. The Hall–Kier alpha value is -1.59. The Morgan fingerprint density at radius 2 is 1.79 bits per heavy atom. The van der Waals surface area contributed by atoms with Crippen molar-refractivity contribution in [2.24, 2.45) is 0 Å². The maximum Gasteiger partial charge on any atom is 0.323 e. The molecular formula is C13H9BrClFN2O. The number of carbonyl (C=O) groups excluding carboxylic acids is 1. The fourth-order valence-corrected chi connectivity index (χ4v) is 1.95. The number of hydrogen-bond donors (Lipinski definition) is 2. The third kappa shape index (κ3) is 3.68. The van der Waals surface area contributed by atoms with Crippen LogP contribution in [0.1, 0.15) is 0 Å². The van der Waals surface area contributed by atoms with Gasteiger partial charge < -0.3 is 10.6 Å². The van der Waals surface area contributed by atoms with Crippen LogP contribution >= 0.6 is 27.5 Å². The van der Waals surface area contributed by atoms with Gasteiger partial charge in [-0.25, -0.2) is 9.18 Å². The highest BCUT2D eigenvalue weighted by molar-refractivity contribution is 9.10. The Balaban J connectivity index is 2.10. The summed E-state index contributed by atoms with van der Waals surface area (Å²) in [5, 5.41) is 5.49. The summed E-state index contributed by atoms with van der Waals surface area (Å²) in [6.07, 6.45) is 0. The van der Waals surface area contributed by atoms with Gasteiger partial charge in [-0.1, -0.05) is 23.7 Å². The van der Waals surface area contributed by atoms with Crippen molar-refractivity contribution in [1.82, 2.24) is 0 Å². The number of para-hydroxylation sites is 1. The van der Waals surface area contributed by atoms with Crippen molar-refractivity contribution in [3.63, 3.8) is 0 Å². The number of urea groups is 1. The standard InChI is InChI=1S/C13H9BrClFN2O/c14-9-6-5-8(15)7-12(9)18-13(19)17-11-4-2-1-3-10(11)16/h1-7H,(H2,17,18,19). The van der Waals surface area contributed by atoms with E-state index >= 15 is 0 Å². The molecule has 0 bridgehead atoms. The summed E-state index contributed by atoms with van der Waals surface area (Å²) in [6, 6.07) is 10.4. The van der Waals surface area contributed by atoms with E-state index < -0.39 is 11.8 Å². The number of nitrogens with one attached hydrogen (secondary N) is 2. The van der Waals surface area contributed by atoms with Crippen molar-refractivity contribution in [3.8, 4) is 0 Å². The minimum absolute atomic E-state index is 0.109. The fourth-order valence-electron chi connectivity index (χ4n) is 1.43. The molecular weight excluding hydrogens is 335 g/mol. The Bertz CT molecular complexity index is 621. The first-order chi connectivity index (χ1) is 9.06. The molecule has 0 aliphatic carbocycles. The van der Waals surface area contributed by atoms with E-state index in [2.05, 4.69) is 26.6 Å². The average molecular weight is 344 g/mol. The largest absolute Gasteiger partial charge is 0.323 e. The molecule has 6 heteroatoms. The molecule has 2 aromatic rings. The number of rotatable bonds is 2. The number of amides is 2. The van der Waals surface area contributed by atoms with Crippen LogP contribution in [0.4, 0.5) is 20.6 Å². The van der Waals surface area contributed by atoms with E-state index in [0.29, 0.717) is 15.2 Å². The van der Waals surface area contributed by atoms with Crippen molar-refractivity contribution in [1.29, 1.82) is 0 Å². The van der Waals surface area contributed by atoms with Crippen molar-refractivity contribution < 1.29 is 9.18 Å². The van der Waals surface area contributed by atoms with E-state index in [9.17, 15) is 9.18 Å². The predicted molar refractivity (Wildman–Crippen MR) is 78.2 cm³/mol. The van der Waals surface area contributed by atoms with Crippen LogP contribution in [0.2, 0.25) is 5.02 Å². The fraction of sp³-hybridized carbons (Fsp3) is 0. The summed E-state index contributed by atoms with van der Waals surface area (Å²) in [5.41, 5.74) is 0.611. The van der Waals surface area contributed by atoms with Crippen molar-refractivity contribution in [2.75, 3.05) is 10.6 Å². The maximum absolute atomic E-state index is 13.4. The quantitative estimate of drug-likeness (QED) is 0.801. The Morgan fingerprint density at radius 1 is 1.11 bits per heavy atom. The zero-order chi connectivity index (χ0) is 13.8. The molecule has 2 amide bonds. The zero-order valence-corrected chi connectivity index (χ0v) is 11.9. The molecule has 0 fully saturated rings. The van der Waals surface area contributed by atoms with Gasteiger partial charge in [-0.05, 0) is 46.3 Å². The van der Waals surface area contributed by atoms with Gasteiger partial charge >= 0.3 is 6.03 Å². The van der Waals surface area contributed by atoms with Crippen molar-refractivity contribution >= 4 is 44.9 Å². The number of benzene rings is 2. The lowest BCUT2D eigenvalue weighted by atomic mass is 10.3. The Kier molecular flexibility index (Phi) is 4.39. The third-order valence-corrected chi connectivity index (χ3v) is 3.23. The van der Waals surface area contributed by atoms with Crippen molar-refractivity contribution in [3.05, 3.63) is 57.8 Å². The summed E-state index contributed by atoms with van der Waals surface area (Å²) < 4.78 is 14.0. The van der Waals surface area contributed by atoms with Gasteiger partial charge in [-0.15, -0.1) is 0 Å². The highest BCUT2D eigenvalue weighted by Gasteiger charge is 2.08. The first-order valence-corrected chi connectivity index (χ1v) is 6.51. The predicted octanol–water partition coefficient (Wildman–Crippen LogP) is 4.89. The molecule has 2 N–H and O–H groups in total. The highest BCUT2D eigenvalue weighted by atomic mass is 79.9. The van der Waals surface area contributed by atoms with Crippen LogP contribution < -0.4 is 10.6 Å². The van der Waals surface area contributed by atoms with Gasteiger partial charge in [-0.3, -0.25) is 0 Å². The van der Waals surface area contributed by atoms with Crippen molar-refractivity contribution in [2.45, 2.75) is 0 Å².